The Morgan fingerprint density at radius 1 is 1.65 bits per heavy atom. The summed E-state index contributed by atoms with van der Waals surface area (Å²) in [6, 6.07) is 2.01. The lowest BCUT2D eigenvalue weighted by atomic mass is 10.1. The lowest BCUT2D eigenvalue weighted by Gasteiger charge is -2.11. The van der Waals surface area contributed by atoms with Crippen molar-refractivity contribution in [2.24, 2.45) is 5.92 Å². The number of hydrogen-bond acceptors (Lipinski definition) is 4. The Labute approximate surface area is 103 Å². The predicted molar refractivity (Wildman–Crippen MR) is 65.4 cm³/mol. The maximum Gasteiger partial charge on any atom is 0.224 e. The molecule has 0 saturated heterocycles. The molecule has 0 aliphatic heterocycles. The second-order valence-electron chi connectivity index (χ2n) is 3.87. The first-order valence-electron chi connectivity index (χ1n) is 5.37. The molecule has 2 heterocycles. The number of hydrogen-bond donors (Lipinski definition) is 1. The number of rotatable bonds is 5. The zero-order valence-electron chi connectivity index (χ0n) is 9.54. The number of nitrogens with one attached hydrogen (secondary N) is 1. The number of aromatic nitrogens is 3. The fourth-order valence-electron chi connectivity index (χ4n) is 1.45. The minimum Gasteiger partial charge on any atom is -0.352 e. The van der Waals surface area contributed by atoms with E-state index in [-0.39, 0.29) is 11.8 Å². The molecule has 2 rings (SSSR count). The number of amides is 1. The smallest absolute Gasteiger partial charge is 0.224 e. The molecule has 1 amide bonds. The SMILES string of the molecule is CC(Cn1cncn1)C(=O)NCc1ccsc1. The van der Waals surface area contributed by atoms with Crippen LogP contribution in [0.3, 0.4) is 0 Å². The molecule has 0 bridgehead atoms. The molecular formula is C11H14N4OS. The van der Waals surface area contributed by atoms with Crippen molar-refractivity contribution >= 4 is 17.2 Å². The second kappa shape index (κ2) is 5.58. The van der Waals surface area contributed by atoms with E-state index >= 15 is 0 Å². The van der Waals surface area contributed by atoms with Gasteiger partial charge in [0.25, 0.3) is 0 Å². The predicted octanol–water partition coefficient (Wildman–Crippen LogP) is 1.29. The van der Waals surface area contributed by atoms with Crippen LogP contribution in [0.15, 0.2) is 29.5 Å². The van der Waals surface area contributed by atoms with Crippen LogP contribution in [0.1, 0.15) is 12.5 Å². The monoisotopic (exact) mass is 250 g/mol. The van der Waals surface area contributed by atoms with Crippen molar-refractivity contribution in [3.05, 3.63) is 35.0 Å². The van der Waals surface area contributed by atoms with Crippen LogP contribution in [0, 0.1) is 5.92 Å². The summed E-state index contributed by atoms with van der Waals surface area (Å²) in [6.45, 7) is 3.02. The summed E-state index contributed by atoms with van der Waals surface area (Å²) in [7, 11) is 0. The molecule has 17 heavy (non-hydrogen) atoms. The third kappa shape index (κ3) is 3.39. The van der Waals surface area contributed by atoms with E-state index in [4.69, 9.17) is 0 Å². The Morgan fingerprint density at radius 3 is 3.18 bits per heavy atom. The molecule has 0 spiro atoms. The Kier molecular flexibility index (Phi) is 3.87. The van der Waals surface area contributed by atoms with E-state index < -0.39 is 0 Å². The van der Waals surface area contributed by atoms with E-state index in [1.54, 1.807) is 22.3 Å². The molecule has 0 radical (unpaired) electrons. The van der Waals surface area contributed by atoms with Crippen molar-refractivity contribution < 1.29 is 4.79 Å². The van der Waals surface area contributed by atoms with E-state index in [1.807, 2.05) is 23.8 Å². The van der Waals surface area contributed by atoms with Crippen molar-refractivity contribution in [2.75, 3.05) is 0 Å². The van der Waals surface area contributed by atoms with Crippen molar-refractivity contribution in [2.45, 2.75) is 20.0 Å². The van der Waals surface area contributed by atoms with Crippen LogP contribution in [-0.2, 0) is 17.9 Å². The molecule has 1 unspecified atom stereocenters. The average molecular weight is 250 g/mol. The maximum absolute atomic E-state index is 11.8. The second-order valence-corrected chi connectivity index (χ2v) is 4.65. The molecular weight excluding hydrogens is 236 g/mol. The van der Waals surface area contributed by atoms with Gasteiger partial charge in [-0.15, -0.1) is 0 Å². The normalized spacial score (nSPS) is 12.3. The van der Waals surface area contributed by atoms with Crippen molar-refractivity contribution in [1.82, 2.24) is 20.1 Å². The molecule has 0 aliphatic carbocycles. The Morgan fingerprint density at radius 2 is 2.53 bits per heavy atom. The van der Waals surface area contributed by atoms with Gasteiger partial charge in [0.05, 0.1) is 12.5 Å². The molecule has 0 fully saturated rings. The highest BCUT2D eigenvalue weighted by Crippen LogP contribution is 2.06. The first-order valence-corrected chi connectivity index (χ1v) is 6.31. The molecule has 0 saturated carbocycles. The minimum atomic E-state index is -0.115. The van der Waals surface area contributed by atoms with Crippen molar-refractivity contribution in [3.8, 4) is 0 Å². The molecule has 90 valence electrons. The highest BCUT2D eigenvalue weighted by Gasteiger charge is 2.13. The number of carbonyl (C=O) groups excluding carboxylic acids is 1. The van der Waals surface area contributed by atoms with Gasteiger partial charge in [-0.3, -0.25) is 9.48 Å². The van der Waals surface area contributed by atoms with Crippen molar-refractivity contribution in [1.29, 1.82) is 0 Å². The minimum absolute atomic E-state index is 0.0340. The van der Waals surface area contributed by atoms with Gasteiger partial charge in [-0.1, -0.05) is 6.92 Å². The first-order chi connectivity index (χ1) is 8.25. The highest BCUT2D eigenvalue weighted by atomic mass is 32.1. The lowest BCUT2D eigenvalue weighted by molar-refractivity contribution is -0.125. The summed E-state index contributed by atoms with van der Waals surface area (Å²) in [4.78, 5) is 15.6. The summed E-state index contributed by atoms with van der Waals surface area (Å²) in [6.07, 6.45) is 3.08. The largest absolute Gasteiger partial charge is 0.352 e. The number of carbonyl (C=O) groups is 1. The standard InChI is InChI=1S/C11H14N4OS/c1-9(5-15-8-12-7-14-15)11(16)13-4-10-2-3-17-6-10/h2-3,6-9H,4-5H2,1H3,(H,13,16). The van der Waals surface area contributed by atoms with E-state index in [0.717, 1.165) is 5.56 Å². The third-order valence-electron chi connectivity index (χ3n) is 2.42. The topological polar surface area (TPSA) is 59.8 Å². The van der Waals surface area contributed by atoms with E-state index in [9.17, 15) is 4.79 Å². The molecule has 1 atom stereocenters. The number of nitrogens with zero attached hydrogens (tertiary/aromatic N) is 3. The first kappa shape index (κ1) is 11.8. The lowest BCUT2D eigenvalue weighted by Crippen LogP contribution is -2.31. The van der Waals surface area contributed by atoms with Gasteiger partial charge in [0.15, 0.2) is 0 Å². The van der Waals surface area contributed by atoms with Crippen LogP contribution in [0.2, 0.25) is 0 Å². The van der Waals surface area contributed by atoms with Crippen LogP contribution < -0.4 is 5.32 Å². The Hall–Kier alpha value is -1.69. The van der Waals surface area contributed by atoms with Gasteiger partial charge in [0, 0.05) is 6.54 Å². The fourth-order valence-corrected chi connectivity index (χ4v) is 2.12. The summed E-state index contributed by atoms with van der Waals surface area (Å²) in [5, 5.41) is 10.9. The average Bonchev–Trinajstić information content (AvgIpc) is 2.98. The zero-order chi connectivity index (χ0) is 12.1. The maximum atomic E-state index is 11.8. The van der Waals surface area contributed by atoms with Crippen LogP contribution >= 0.6 is 11.3 Å². The van der Waals surface area contributed by atoms with Gasteiger partial charge in [-0.25, -0.2) is 4.98 Å². The van der Waals surface area contributed by atoms with Gasteiger partial charge in [0.2, 0.25) is 5.91 Å². The molecule has 0 aromatic carbocycles. The summed E-state index contributed by atoms with van der Waals surface area (Å²) >= 11 is 1.63. The summed E-state index contributed by atoms with van der Waals surface area (Å²) < 4.78 is 1.66. The molecule has 1 N–H and O–H groups in total. The highest BCUT2D eigenvalue weighted by molar-refractivity contribution is 7.07. The van der Waals surface area contributed by atoms with E-state index in [2.05, 4.69) is 15.4 Å². The fraction of sp³-hybridized carbons (Fsp3) is 0.364. The van der Waals surface area contributed by atoms with Crippen LogP contribution in [0.4, 0.5) is 0 Å². The quantitative estimate of drug-likeness (QED) is 0.870. The van der Waals surface area contributed by atoms with E-state index in [0.29, 0.717) is 13.1 Å². The number of thiophene rings is 1. The van der Waals surface area contributed by atoms with E-state index in [1.165, 1.54) is 6.33 Å². The van der Waals surface area contributed by atoms with Crippen LogP contribution in [0.5, 0.6) is 0 Å². The van der Waals surface area contributed by atoms with Gasteiger partial charge < -0.3 is 5.32 Å². The third-order valence-corrected chi connectivity index (χ3v) is 3.15. The Balaban J connectivity index is 1.79. The van der Waals surface area contributed by atoms with Gasteiger partial charge in [-0.2, -0.15) is 16.4 Å². The van der Waals surface area contributed by atoms with Crippen LogP contribution in [0.25, 0.3) is 0 Å². The molecule has 6 heteroatoms. The summed E-state index contributed by atoms with van der Waals surface area (Å²) in [5.74, 6) is -0.0814. The van der Waals surface area contributed by atoms with Gasteiger partial charge in [0.1, 0.15) is 12.7 Å². The summed E-state index contributed by atoms with van der Waals surface area (Å²) in [5.41, 5.74) is 1.14. The Bertz CT molecular complexity index is 452. The van der Waals surface area contributed by atoms with Crippen LogP contribution in [-0.4, -0.2) is 20.7 Å². The molecule has 0 aliphatic rings. The molecule has 5 nitrogen and oxygen atoms in total. The molecule has 2 aromatic rings. The van der Waals surface area contributed by atoms with Gasteiger partial charge >= 0.3 is 0 Å². The zero-order valence-corrected chi connectivity index (χ0v) is 10.4. The van der Waals surface area contributed by atoms with Gasteiger partial charge in [-0.05, 0) is 22.4 Å². The molecule has 2 aromatic heterocycles. The van der Waals surface area contributed by atoms with Crippen molar-refractivity contribution in [3.63, 3.8) is 0 Å².